The molecule has 3 rings (SSSR count). The van der Waals surface area contributed by atoms with Crippen LogP contribution in [0.4, 0.5) is 4.79 Å². The summed E-state index contributed by atoms with van der Waals surface area (Å²) in [4.78, 5) is 28.0. The zero-order valence-corrected chi connectivity index (χ0v) is 14.9. The van der Waals surface area contributed by atoms with E-state index in [1.165, 1.54) is 6.92 Å². The molecule has 1 aliphatic rings. The molecule has 4 N–H and O–H groups in total. The smallest absolute Gasteiger partial charge is 0.329 e. The van der Waals surface area contributed by atoms with Crippen LogP contribution in [0.2, 0.25) is 0 Å². The molecule has 138 valence electrons. The number of hydrazine groups is 1. The molecule has 0 spiro atoms. The second kappa shape index (κ2) is 7.96. The van der Waals surface area contributed by atoms with Crippen LogP contribution in [0.5, 0.6) is 0 Å². The van der Waals surface area contributed by atoms with Crippen LogP contribution >= 0.6 is 0 Å². The van der Waals surface area contributed by atoms with Gasteiger partial charge in [0.15, 0.2) is 0 Å². The summed E-state index contributed by atoms with van der Waals surface area (Å²) in [5.74, 6) is -0.195. The highest BCUT2D eigenvalue weighted by Gasteiger charge is 2.37. The van der Waals surface area contributed by atoms with Crippen LogP contribution in [0, 0.1) is 0 Å². The van der Waals surface area contributed by atoms with Crippen LogP contribution in [0.15, 0.2) is 24.5 Å². The third-order valence-electron chi connectivity index (χ3n) is 4.13. The van der Waals surface area contributed by atoms with Gasteiger partial charge < -0.3 is 10.6 Å². The Morgan fingerprint density at radius 3 is 2.96 bits per heavy atom. The van der Waals surface area contributed by atoms with E-state index in [9.17, 15) is 9.59 Å². The van der Waals surface area contributed by atoms with Crippen molar-refractivity contribution in [1.82, 2.24) is 36.2 Å². The number of aromatic nitrogens is 3. The third kappa shape index (κ3) is 3.83. The van der Waals surface area contributed by atoms with Crippen LogP contribution in [0.25, 0.3) is 11.3 Å². The number of carbonyl (C=O) groups is 2. The summed E-state index contributed by atoms with van der Waals surface area (Å²) in [6.45, 7) is 4.52. The molecule has 0 radical (unpaired) electrons. The Morgan fingerprint density at radius 1 is 1.42 bits per heavy atom. The molecule has 1 aliphatic heterocycles. The Morgan fingerprint density at radius 2 is 2.27 bits per heavy atom. The number of amides is 3. The van der Waals surface area contributed by atoms with E-state index in [0.717, 1.165) is 29.7 Å². The van der Waals surface area contributed by atoms with Crippen molar-refractivity contribution in [2.24, 2.45) is 0 Å². The van der Waals surface area contributed by atoms with Gasteiger partial charge in [-0.2, -0.15) is 10.1 Å². The number of fused-ring (bicyclic) bond motifs is 1. The van der Waals surface area contributed by atoms with Gasteiger partial charge in [-0.05, 0) is 18.6 Å². The molecule has 0 saturated heterocycles. The molecule has 2 aromatic rings. The molecule has 1 atom stereocenters. The normalized spacial score (nSPS) is 16.2. The minimum atomic E-state index is -0.506. The monoisotopic (exact) mass is 357 g/mol. The zero-order chi connectivity index (χ0) is 18.5. The topological polar surface area (TPSA) is 115 Å². The van der Waals surface area contributed by atoms with Crippen molar-refractivity contribution >= 4 is 11.9 Å². The number of nitrogens with one attached hydrogen (secondary N) is 4. The molecular weight excluding hydrogens is 334 g/mol. The minimum Gasteiger partial charge on any atom is -0.337 e. The van der Waals surface area contributed by atoms with E-state index in [1.54, 1.807) is 17.4 Å². The fourth-order valence-electron chi connectivity index (χ4n) is 2.94. The lowest BCUT2D eigenvalue weighted by Crippen LogP contribution is -2.50. The average Bonchev–Trinajstić information content (AvgIpc) is 3.16. The lowest BCUT2D eigenvalue weighted by molar-refractivity contribution is -0.121. The predicted molar refractivity (Wildman–Crippen MR) is 95.4 cm³/mol. The van der Waals surface area contributed by atoms with Crippen LogP contribution in [0.1, 0.15) is 44.1 Å². The molecule has 1 unspecified atom stereocenters. The van der Waals surface area contributed by atoms with Crippen LogP contribution in [-0.4, -0.2) is 38.7 Å². The van der Waals surface area contributed by atoms with Gasteiger partial charge in [-0.15, -0.1) is 0 Å². The van der Waals surface area contributed by atoms with Crippen molar-refractivity contribution in [3.8, 4) is 11.3 Å². The summed E-state index contributed by atoms with van der Waals surface area (Å²) < 4.78 is 0. The maximum Gasteiger partial charge on any atom is 0.329 e. The van der Waals surface area contributed by atoms with E-state index < -0.39 is 6.17 Å². The van der Waals surface area contributed by atoms with E-state index in [-0.39, 0.29) is 11.9 Å². The van der Waals surface area contributed by atoms with Gasteiger partial charge in [0.1, 0.15) is 11.9 Å². The SMILES string of the molecule is CCCCNC(=O)NN1Cc2[nH]nc(-c3cccnc3)c2C1NC(C)=O. The van der Waals surface area contributed by atoms with Gasteiger partial charge in [0.2, 0.25) is 5.91 Å². The highest BCUT2D eigenvalue weighted by Crippen LogP contribution is 2.36. The second-order valence-electron chi connectivity index (χ2n) is 6.16. The summed E-state index contributed by atoms with van der Waals surface area (Å²) in [6.07, 6.45) is 4.82. The molecule has 0 bridgehead atoms. The summed E-state index contributed by atoms with van der Waals surface area (Å²) in [6, 6.07) is 3.44. The highest BCUT2D eigenvalue weighted by atomic mass is 16.2. The van der Waals surface area contributed by atoms with Crippen LogP contribution in [-0.2, 0) is 11.3 Å². The summed E-state index contributed by atoms with van der Waals surface area (Å²) in [5, 5.41) is 14.7. The molecule has 26 heavy (non-hydrogen) atoms. The molecule has 0 fully saturated rings. The number of H-pyrrole nitrogens is 1. The van der Waals surface area contributed by atoms with Crippen LogP contribution in [0.3, 0.4) is 0 Å². The number of unbranched alkanes of at least 4 members (excludes halogenated alkanes) is 1. The largest absolute Gasteiger partial charge is 0.337 e. The van der Waals surface area contributed by atoms with Crippen molar-refractivity contribution in [1.29, 1.82) is 0 Å². The van der Waals surface area contributed by atoms with E-state index >= 15 is 0 Å². The molecule has 9 nitrogen and oxygen atoms in total. The molecule has 3 amide bonds. The van der Waals surface area contributed by atoms with Gasteiger partial charge in [0.05, 0.1) is 12.2 Å². The zero-order valence-electron chi connectivity index (χ0n) is 14.9. The number of carbonyl (C=O) groups excluding carboxylic acids is 2. The lowest BCUT2D eigenvalue weighted by Gasteiger charge is -2.26. The number of rotatable bonds is 6. The molecule has 2 aromatic heterocycles. The average molecular weight is 357 g/mol. The number of nitrogens with zero attached hydrogens (tertiary/aromatic N) is 3. The first-order valence-corrected chi connectivity index (χ1v) is 8.66. The van der Waals surface area contributed by atoms with Gasteiger partial charge in [-0.1, -0.05) is 13.3 Å². The highest BCUT2D eigenvalue weighted by molar-refractivity contribution is 5.76. The molecule has 0 aromatic carbocycles. The third-order valence-corrected chi connectivity index (χ3v) is 4.13. The van der Waals surface area contributed by atoms with E-state index in [1.807, 2.05) is 12.1 Å². The van der Waals surface area contributed by atoms with E-state index in [4.69, 9.17) is 0 Å². The van der Waals surface area contributed by atoms with E-state index in [0.29, 0.717) is 18.8 Å². The minimum absolute atomic E-state index is 0.195. The number of hydrogen-bond acceptors (Lipinski definition) is 5. The maximum atomic E-state index is 12.1. The molecular formula is C17H23N7O2. The summed E-state index contributed by atoms with van der Waals surface area (Å²) in [7, 11) is 0. The first-order chi connectivity index (χ1) is 12.6. The maximum absolute atomic E-state index is 12.1. The molecule has 3 heterocycles. The molecule has 0 saturated carbocycles. The van der Waals surface area contributed by atoms with Crippen LogP contribution < -0.4 is 16.1 Å². The first kappa shape index (κ1) is 17.9. The second-order valence-corrected chi connectivity index (χ2v) is 6.16. The Balaban J connectivity index is 1.81. The Kier molecular flexibility index (Phi) is 5.47. The molecule has 9 heteroatoms. The Hall–Kier alpha value is -2.94. The van der Waals surface area contributed by atoms with E-state index in [2.05, 4.69) is 38.2 Å². The van der Waals surface area contributed by atoms with Crippen molar-refractivity contribution < 1.29 is 9.59 Å². The van der Waals surface area contributed by atoms with Crippen molar-refractivity contribution in [2.75, 3.05) is 6.54 Å². The number of hydrogen-bond donors (Lipinski definition) is 4. The summed E-state index contributed by atoms with van der Waals surface area (Å²) in [5.41, 5.74) is 6.04. The van der Waals surface area contributed by atoms with Gasteiger partial charge in [-0.25, -0.2) is 4.79 Å². The fraction of sp³-hybridized carbons (Fsp3) is 0.412. The predicted octanol–water partition coefficient (Wildman–Crippen LogP) is 1.44. The van der Waals surface area contributed by atoms with Crippen molar-refractivity contribution in [3.63, 3.8) is 0 Å². The van der Waals surface area contributed by atoms with Gasteiger partial charge in [-0.3, -0.25) is 20.3 Å². The van der Waals surface area contributed by atoms with Gasteiger partial charge >= 0.3 is 6.03 Å². The lowest BCUT2D eigenvalue weighted by atomic mass is 10.1. The summed E-state index contributed by atoms with van der Waals surface area (Å²) >= 11 is 0. The quantitative estimate of drug-likeness (QED) is 0.584. The van der Waals surface area contributed by atoms with Crippen molar-refractivity contribution in [3.05, 3.63) is 35.8 Å². The Labute approximate surface area is 151 Å². The van der Waals surface area contributed by atoms with Gasteiger partial charge in [0.25, 0.3) is 0 Å². The molecule has 0 aliphatic carbocycles. The van der Waals surface area contributed by atoms with Crippen molar-refractivity contribution in [2.45, 2.75) is 39.4 Å². The number of aromatic amines is 1. The number of urea groups is 1. The first-order valence-electron chi connectivity index (χ1n) is 8.66. The standard InChI is InChI=1S/C17H23N7O2/c1-3-4-8-19-17(26)23-24-10-13-14(16(24)20-11(2)25)15(22-21-13)12-6-5-7-18-9-12/h5-7,9,16H,3-4,8,10H2,1-2H3,(H,20,25)(H,21,22)(H2,19,23,26). The number of pyridine rings is 1. The fourth-order valence-corrected chi connectivity index (χ4v) is 2.94. The van der Waals surface area contributed by atoms with Gasteiger partial charge in [0, 0.05) is 37.0 Å². The Bertz CT molecular complexity index is 775.